The monoisotopic (exact) mass is 465 g/mol. The third kappa shape index (κ3) is 3.02. The molecule has 1 aromatic rings. The molecule has 3 rings (SSSR count). The number of allylic oxidation sites excluding steroid dienone is 2. The Hall–Kier alpha value is -1.64. The number of nitro benzene ring substituents is 1. The van der Waals surface area contributed by atoms with Gasteiger partial charge in [0.25, 0.3) is 5.69 Å². The Morgan fingerprint density at radius 1 is 1.25 bits per heavy atom. The van der Waals surface area contributed by atoms with E-state index >= 15 is 0 Å². The minimum Gasteiger partial charge on any atom is -0.464 e. The number of halogens is 4. The van der Waals surface area contributed by atoms with Crippen molar-refractivity contribution in [3.8, 4) is 0 Å². The van der Waals surface area contributed by atoms with Crippen LogP contribution in [0.5, 0.6) is 0 Å². The molecule has 1 aliphatic carbocycles. The number of ether oxygens (including phenoxy) is 2. The highest BCUT2D eigenvalue weighted by molar-refractivity contribution is 6.61. The molecule has 1 saturated heterocycles. The maximum Gasteiger partial charge on any atom is 0.336 e. The highest BCUT2D eigenvalue weighted by Gasteiger charge is 2.66. The summed E-state index contributed by atoms with van der Waals surface area (Å²) in [5, 5.41) is 9.83. The minimum absolute atomic E-state index is 0.0838. The quantitative estimate of drug-likeness (QED) is 0.372. The normalized spacial score (nSPS) is 23.7. The van der Waals surface area contributed by atoms with Gasteiger partial charge in [-0.05, 0) is 12.5 Å². The lowest BCUT2D eigenvalue weighted by atomic mass is 9.70. The van der Waals surface area contributed by atoms with Crippen molar-refractivity contribution in [2.24, 2.45) is 0 Å². The van der Waals surface area contributed by atoms with Crippen LogP contribution < -0.4 is 0 Å². The van der Waals surface area contributed by atoms with E-state index in [1.807, 2.05) is 0 Å². The predicted molar refractivity (Wildman–Crippen MR) is 103 cm³/mol. The fourth-order valence-electron chi connectivity index (χ4n) is 3.23. The van der Waals surface area contributed by atoms with Gasteiger partial charge in [-0.2, -0.15) is 0 Å². The van der Waals surface area contributed by atoms with Gasteiger partial charge in [0, 0.05) is 12.1 Å². The number of Topliss-reactive ketones (excluding diaryl/α,β-unsaturated/α-hetero) is 1. The summed E-state index contributed by atoms with van der Waals surface area (Å²) < 4.78 is 10.7. The van der Waals surface area contributed by atoms with Crippen molar-refractivity contribution in [2.75, 3.05) is 6.61 Å². The lowest BCUT2D eigenvalue weighted by Gasteiger charge is -2.54. The highest BCUT2D eigenvalue weighted by atomic mass is 35.5. The molecular formula is C17H11Cl4NO6. The van der Waals surface area contributed by atoms with Crippen molar-refractivity contribution < 1.29 is 24.0 Å². The van der Waals surface area contributed by atoms with Gasteiger partial charge >= 0.3 is 5.97 Å². The summed E-state index contributed by atoms with van der Waals surface area (Å²) in [6, 6.07) is 5.52. The van der Waals surface area contributed by atoms with E-state index < -0.39 is 44.4 Å². The number of ketones is 1. The molecule has 1 heterocycles. The Morgan fingerprint density at radius 3 is 2.39 bits per heavy atom. The Labute approximate surface area is 178 Å². The van der Waals surface area contributed by atoms with Crippen molar-refractivity contribution in [1.29, 1.82) is 0 Å². The summed E-state index contributed by atoms with van der Waals surface area (Å²) >= 11 is 24.7. The molecule has 0 aromatic heterocycles. The first-order valence-electron chi connectivity index (χ1n) is 7.91. The molecule has 1 fully saturated rings. The summed E-state index contributed by atoms with van der Waals surface area (Å²) in [6.45, 7) is 1.70. The van der Waals surface area contributed by atoms with Crippen LogP contribution in [0.2, 0.25) is 0 Å². The van der Waals surface area contributed by atoms with Gasteiger partial charge in [0.2, 0.25) is 5.78 Å². The Morgan fingerprint density at radius 2 is 1.86 bits per heavy atom. The molecule has 28 heavy (non-hydrogen) atoms. The van der Waals surface area contributed by atoms with Crippen LogP contribution in [-0.2, 0) is 19.1 Å². The summed E-state index contributed by atoms with van der Waals surface area (Å²) in [7, 11) is 0. The number of carbonyl (C=O) groups excluding carboxylic acids is 2. The van der Waals surface area contributed by atoms with Crippen molar-refractivity contribution >= 4 is 63.8 Å². The molecule has 1 spiro atoms. The topological polar surface area (TPSA) is 95.7 Å². The second-order valence-corrected chi connectivity index (χ2v) is 7.45. The smallest absolute Gasteiger partial charge is 0.336 e. The molecule has 1 aliphatic heterocycles. The summed E-state index contributed by atoms with van der Waals surface area (Å²) in [4.78, 5) is 35.0. The fourth-order valence-corrected chi connectivity index (χ4v) is 4.48. The van der Waals surface area contributed by atoms with Crippen LogP contribution in [0.25, 0.3) is 0 Å². The number of hydrogen-bond donors (Lipinski definition) is 0. The number of nitrogens with zero attached hydrogens (tertiary/aromatic N) is 1. The van der Waals surface area contributed by atoms with E-state index in [0.717, 1.165) is 0 Å². The molecule has 7 nitrogen and oxygen atoms in total. The number of hydrogen-bond acceptors (Lipinski definition) is 6. The second kappa shape index (κ2) is 7.65. The van der Waals surface area contributed by atoms with Crippen LogP contribution in [-0.4, -0.2) is 35.0 Å². The highest BCUT2D eigenvalue weighted by Crippen LogP contribution is 2.61. The zero-order valence-corrected chi connectivity index (χ0v) is 17.1. The average molecular weight is 467 g/mol. The van der Waals surface area contributed by atoms with Gasteiger partial charge in [0.15, 0.2) is 11.7 Å². The van der Waals surface area contributed by atoms with Gasteiger partial charge in [-0.3, -0.25) is 14.9 Å². The molecule has 148 valence electrons. The first kappa shape index (κ1) is 21.1. The van der Waals surface area contributed by atoms with Crippen LogP contribution in [0.4, 0.5) is 5.69 Å². The van der Waals surface area contributed by atoms with E-state index in [0.29, 0.717) is 5.56 Å². The van der Waals surface area contributed by atoms with Crippen LogP contribution >= 0.6 is 46.4 Å². The molecular weight excluding hydrogens is 456 g/mol. The molecule has 11 heteroatoms. The molecule has 0 bridgehead atoms. The maximum absolute atomic E-state index is 12.4. The van der Waals surface area contributed by atoms with Crippen LogP contribution in [0.15, 0.2) is 44.4 Å². The molecule has 0 amide bonds. The van der Waals surface area contributed by atoms with Gasteiger partial charge in [-0.1, -0.05) is 58.5 Å². The van der Waals surface area contributed by atoms with Gasteiger partial charge < -0.3 is 9.47 Å². The molecule has 0 radical (unpaired) electrons. The zero-order valence-electron chi connectivity index (χ0n) is 14.1. The van der Waals surface area contributed by atoms with Crippen LogP contribution in [0.1, 0.15) is 18.4 Å². The van der Waals surface area contributed by atoms with E-state index in [2.05, 4.69) is 0 Å². The van der Waals surface area contributed by atoms with E-state index in [1.54, 1.807) is 13.0 Å². The lowest BCUT2D eigenvalue weighted by Crippen LogP contribution is -2.63. The summed E-state index contributed by atoms with van der Waals surface area (Å²) in [6.07, 6.45) is -1.19. The minimum atomic E-state index is -1.72. The van der Waals surface area contributed by atoms with Gasteiger partial charge in [-0.25, -0.2) is 4.79 Å². The molecule has 1 aromatic carbocycles. The number of esters is 1. The molecule has 2 atom stereocenters. The number of carbonyl (C=O) groups is 2. The standard InChI is InChI=1S/C17H11Cl4NO6/c1-2-27-16(24)13-9(7-4-3-5-8(6-7)22(25)26)17(28-13)14(20)10(18)12(23)11(19)15(17)21/h3-6,9,13H,2H2,1H3/t9-,13+/m1/s1. The third-order valence-electron chi connectivity index (χ3n) is 4.45. The maximum atomic E-state index is 12.4. The third-order valence-corrected chi connectivity index (χ3v) is 6.30. The van der Waals surface area contributed by atoms with Crippen LogP contribution in [0.3, 0.4) is 0 Å². The number of nitro groups is 1. The largest absolute Gasteiger partial charge is 0.464 e. The second-order valence-electron chi connectivity index (χ2n) is 5.94. The summed E-state index contributed by atoms with van der Waals surface area (Å²) in [5.74, 6) is -2.46. The Kier molecular flexibility index (Phi) is 5.76. The van der Waals surface area contributed by atoms with Gasteiger partial charge in [0.05, 0.1) is 27.5 Å². The molecule has 0 saturated carbocycles. The number of non-ortho nitro benzene ring substituents is 1. The Balaban J connectivity index is 2.20. The first-order valence-corrected chi connectivity index (χ1v) is 9.43. The van der Waals surface area contributed by atoms with Crippen LogP contribution in [0, 0.1) is 10.1 Å². The van der Waals surface area contributed by atoms with Crippen molar-refractivity contribution in [3.63, 3.8) is 0 Å². The van der Waals surface area contributed by atoms with Crippen molar-refractivity contribution in [3.05, 3.63) is 60.1 Å². The molecule has 2 aliphatic rings. The lowest BCUT2D eigenvalue weighted by molar-refractivity contribution is -0.385. The van der Waals surface area contributed by atoms with Crippen molar-refractivity contribution in [1.82, 2.24) is 0 Å². The number of benzene rings is 1. The van der Waals surface area contributed by atoms with E-state index in [-0.39, 0.29) is 22.4 Å². The predicted octanol–water partition coefficient (Wildman–Crippen LogP) is 4.34. The van der Waals surface area contributed by atoms with E-state index in [1.165, 1.54) is 18.2 Å². The van der Waals surface area contributed by atoms with Gasteiger partial charge in [0.1, 0.15) is 10.1 Å². The molecule has 0 N–H and O–H groups in total. The van der Waals surface area contributed by atoms with E-state index in [4.69, 9.17) is 55.9 Å². The fraction of sp³-hybridized carbons (Fsp3) is 0.294. The zero-order chi connectivity index (χ0) is 20.8. The molecule has 0 unspecified atom stereocenters. The SMILES string of the molecule is CCOC(=O)[C@H]1OC2(C(Cl)=C(Cl)C(=O)C(Cl)=C2Cl)[C@@H]1c1cccc([N+](=O)[O-])c1. The Bertz CT molecular complexity index is 929. The van der Waals surface area contributed by atoms with Crippen molar-refractivity contribution in [2.45, 2.75) is 24.5 Å². The first-order chi connectivity index (χ1) is 13.2. The number of rotatable bonds is 4. The van der Waals surface area contributed by atoms with E-state index in [9.17, 15) is 19.7 Å². The summed E-state index contributed by atoms with van der Waals surface area (Å²) in [5.41, 5.74) is -1.62. The van der Waals surface area contributed by atoms with Gasteiger partial charge in [-0.15, -0.1) is 0 Å². The average Bonchev–Trinajstić information content (AvgIpc) is 2.64.